The summed E-state index contributed by atoms with van der Waals surface area (Å²) in [6, 6.07) is 1.96. The summed E-state index contributed by atoms with van der Waals surface area (Å²) in [6.07, 6.45) is 3.96. The highest BCUT2D eigenvalue weighted by Gasteiger charge is 2.04. The number of amides is 2. The van der Waals surface area contributed by atoms with E-state index in [0.29, 0.717) is 6.54 Å². The van der Waals surface area contributed by atoms with Crippen LogP contribution in [0.4, 0.5) is 4.79 Å². The molecule has 1 rings (SSSR count). The van der Waals surface area contributed by atoms with E-state index in [9.17, 15) is 4.79 Å². The van der Waals surface area contributed by atoms with Gasteiger partial charge in [-0.25, -0.2) is 4.79 Å². The van der Waals surface area contributed by atoms with Gasteiger partial charge < -0.3 is 14.8 Å². The molecule has 1 aromatic rings. The molecule has 4 heteroatoms. The van der Waals surface area contributed by atoms with Crippen molar-refractivity contribution in [3.8, 4) is 0 Å². The quantitative estimate of drug-likeness (QED) is 0.772. The highest BCUT2D eigenvalue weighted by Crippen LogP contribution is 1.98. The molecule has 0 unspecified atom stereocenters. The Labute approximate surface area is 84.5 Å². The van der Waals surface area contributed by atoms with Crippen molar-refractivity contribution >= 4 is 6.03 Å². The third kappa shape index (κ3) is 2.80. The first kappa shape index (κ1) is 10.6. The summed E-state index contributed by atoms with van der Waals surface area (Å²) in [4.78, 5) is 13.0. The van der Waals surface area contributed by atoms with E-state index < -0.39 is 0 Å². The molecule has 0 fully saturated rings. The van der Waals surface area contributed by atoms with Crippen LogP contribution in [-0.2, 0) is 13.6 Å². The zero-order chi connectivity index (χ0) is 10.6. The molecule has 0 saturated heterocycles. The van der Waals surface area contributed by atoms with Crippen molar-refractivity contribution in [2.24, 2.45) is 7.05 Å². The fourth-order valence-corrected chi connectivity index (χ4v) is 1.12. The van der Waals surface area contributed by atoms with E-state index in [1.807, 2.05) is 37.0 Å². The molecule has 0 aliphatic carbocycles. The monoisotopic (exact) mass is 195 g/mol. The summed E-state index contributed by atoms with van der Waals surface area (Å²) in [7, 11) is 3.74. The number of hydrogen-bond donors (Lipinski definition) is 1. The standard InChI is InChI=1S/C10H17N3O/c1-4-13(3)10(14)11-7-9-5-6-12(2)8-9/h5-6,8H,4,7H2,1-3H3,(H,11,14). The predicted octanol–water partition coefficient (Wildman–Crippen LogP) is 1.19. The Hall–Kier alpha value is -1.45. The van der Waals surface area contributed by atoms with Crippen molar-refractivity contribution < 1.29 is 4.79 Å². The first-order chi connectivity index (χ1) is 6.63. The predicted molar refractivity (Wildman–Crippen MR) is 56.0 cm³/mol. The summed E-state index contributed by atoms with van der Waals surface area (Å²) < 4.78 is 1.96. The van der Waals surface area contributed by atoms with Crippen LogP contribution in [-0.4, -0.2) is 29.1 Å². The number of aromatic nitrogens is 1. The molecule has 0 bridgehead atoms. The maximum absolute atomic E-state index is 11.4. The minimum Gasteiger partial charge on any atom is -0.357 e. The smallest absolute Gasteiger partial charge is 0.317 e. The van der Waals surface area contributed by atoms with E-state index in [0.717, 1.165) is 12.1 Å². The molecule has 0 aliphatic heterocycles. The molecule has 0 aliphatic rings. The van der Waals surface area contributed by atoms with Crippen molar-refractivity contribution in [1.29, 1.82) is 0 Å². The Morgan fingerprint density at radius 2 is 2.36 bits per heavy atom. The highest BCUT2D eigenvalue weighted by atomic mass is 16.2. The lowest BCUT2D eigenvalue weighted by Crippen LogP contribution is -2.36. The molecule has 2 amide bonds. The molecular formula is C10H17N3O. The lowest BCUT2D eigenvalue weighted by atomic mass is 10.3. The van der Waals surface area contributed by atoms with Crippen LogP contribution in [0.5, 0.6) is 0 Å². The summed E-state index contributed by atoms with van der Waals surface area (Å²) >= 11 is 0. The molecule has 1 aromatic heterocycles. The second-order valence-electron chi connectivity index (χ2n) is 3.36. The topological polar surface area (TPSA) is 37.3 Å². The third-order valence-electron chi connectivity index (χ3n) is 2.16. The van der Waals surface area contributed by atoms with Gasteiger partial charge in [0.2, 0.25) is 0 Å². The minimum atomic E-state index is -0.0312. The van der Waals surface area contributed by atoms with Gasteiger partial charge in [-0.05, 0) is 18.6 Å². The van der Waals surface area contributed by atoms with Gasteiger partial charge in [0.25, 0.3) is 0 Å². The van der Waals surface area contributed by atoms with Crippen LogP contribution in [0.15, 0.2) is 18.5 Å². The van der Waals surface area contributed by atoms with Gasteiger partial charge in [0.1, 0.15) is 0 Å². The van der Waals surface area contributed by atoms with Crippen molar-refractivity contribution in [3.63, 3.8) is 0 Å². The van der Waals surface area contributed by atoms with Crippen LogP contribution in [0.25, 0.3) is 0 Å². The number of carbonyl (C=O) groups is 1. The lowest BCUT2D eigenvalue weighted by molar-refractivity contribution is 0.210. The van der Waals surface area contributed by atoms with Crippen molar-refractivity contribution in [1.82, 2.24) is 14.8 Å². The van der Waals surface area contributed by atoms with E-state index in [-0.39, 0.29) is 6.03 Å². The van der Waals surface area contributed by atoms with Gasteiger partial charge in [0, 0.05) is 39.6 Å². The molecule has 0 radical (unpaired) electrons. The minimum absolute atomic E-state index is 0.0312. The lowest BCUT2D eigenvalue weighted by Gasteiger charge is -2.14. The molecule has 78 valence electrons. The van der Waals surface area contributed by atoms with Crippen molar-refractivity contribution in [2.75, 3.05) is 13.6 Å². The van der Waals surface area contributed by atoms with E-state index in [1.54, 1.807) is 11.9 Å². The van der Waals surface area contributed by atoms with Gasteiger partial charge in [-0.1, -0.05) is 0 Å². The fraction of sp³-hybridized carbons (Fsp3) is 0.500. The fourth-order valence-electron chi connectivity index (χ4n) is 1.12. The first-order valence-electron chi connectivity index (χ1n) is 4.73. The van der Waals surface area contributed by atoms with Crippen LogP contribution >= 0.6 is 0 Å². The molecule has 4 nitrogen and oxygen atoms in total. The summed E-state index contributed by atoms with van der Waals surface area (Å²) in [5.41, 5.74) is 1.12. The number of nitrogens with one attached hydrogen (secondary N) is 1. The third-order valence-corrected chi connectivity index (χ3v) is 2.16. The Balaban J connectivity index is 2.37. The van der Waals surface area contributed by atoms with Gasteiger partial charge >= 0.3 is 6.03 Å². The normalized spacial score (nSPS) is 9.93. The molecule has 1 heterocycles. The van der Waals surface area contributed by atoms with Crippen LogP contribution in [0.3, 0.4) is 0 Å². The summed E-state index contributed by atoms with van der Waals surface area (Å²) in [6.45, 7) is 3.26. The van der Waals surface area contributed by atoms with Gasteiger partial charge in [0.05, 0.1) is 0 Å². The average Bonchev–Trinajstić information content (AvgIpc) is 2.59. The Morgan fingerprint density at radius 1 is 1.64 bits per heavy atom. The van der Waals surface area contributed by atoms with E-state index in [2.05, 4.69) is 5.32 Å². The number of hydrogen-bond acceptors (Lipinski definition) is 1. The van der Waals surface area contributed by atoms with Crippen LogP contribution in [0, 0.1) is 0 Å². The van der Waals surface area contributed by atoms with Crippen molar-refractivity contribution in [2.45, 2.75) is 13.5 Å². The van der Waals surface area contributed by atoms with Crippen LogP contribution in [0.2, 0.25) is 0 Å². The molecule has 0 saturated carbocycles. The zero-order valence-corrected chi connectivity index (χ0v) is 8.95. The van der Waals surface area contributed by atoms with E-state index in [1.165, 1.54) is 0 Å². The van der Waals surface area contributed by atoms with Gasteiger partial charge in [-0.3, -0.25) is 0 Å². The second kappa shape index (κ2) is 4.69. The van der Waals surface area contributed by atoms with E-state index in [4.69, 9.17) is 0 Å². The maximum Gasteiger partial charge on any atom is 0.317 e. The van der Waals surface area contributed by atoms with Crippen LogP contribution < -0.4 is 5.32 Å². The number of aryl methyl sites for hydroxylation is 1. The largest absolute Gasteiger partial charge is 0.357 e. The SMILES string of the molecule is CCN(C)C(=O)NCc1ccn(C)c1. The van der Waals surface area contributed by atoms with Crippen molar-refractivity contribution in [3.05, 3.63) is 24.0 Å². The molecular weight excluding hydrogens is 178 g/mol. The molecule has 14 heavy (non-hydrogen) atoms. The number of rotatable bonds is 3. The Bertz CT molecular complexity index is 306. The molecule has 0 aromatic carbocycles. The zero-order valence-electron chi connectivity index (χ0n) is 8.95. The maximum atomic E-state index is 11.4. The highest BCUT2D eigenvalue weighted by molar-refractivity contribution is 5.73. The first-order valence-corrected chi connectivity index (χ1v) is 4.73. The number of carbonyl (C=O) groups excluding carboxylic acids is 1. The summed E-state index contributed by atoms with van der Waals surface area (Å²) in [5.74, 6) is 0. The van der Waals surface area contributed by atoms with Gasteiger partial charge in [-0.2, -0.15) is 0 Å². The van der Waals surface area contributed by atoms with Gasteiger partial charge in [0.15, 0.2) is 0 Å². The summed E-state index contributed by atoms with van der Waals surface area (Å²) in [5, 5.41) is 2.84. The second-order valence-corrected chi connectivity index (χ2v) is 3.36. The Kier molecular flexibility index (Phi) is 3.56. The number of nitrogens with zero attached hydrogens (tertiary/aromatic N) is 2. The van der Waals surface area contributed by atoms with Gasteiger partial charge in [-0.15, -0.1) is 0 Å². The molecule has 0 atom stereocenters. The van der Waals surface area contributed by atoms with Crippen LogP contribution in [0.1, 0.15) is 12.5 Å². The molecule has 0 spiro atoms. The molecule has 1 N–H and O–H groups in total. The number of urea groups is 1. The van der Waals surface area contributed by atoms with E-state index >= 15 is 0 Å². The average molecular weight is 195 g/mol. The Morgan fingerprint density at radius 3 is 2.86 bits per heavy atom.